The van der Waals surface area contributed by atoms with Crippen LogP contribution in [0.5, 0.6) is 0 Å². The van der Waals surface area contributed by atoms with Crippen LogP contribution in [0.4, 0.5) is 0 Å². The summed E-state index contributed by atoms with van der Waals surface area (Å²) in [5.41, 5.74) is 0. The fourth-order valence-corrected chi connectivity index (χ4v) is 3.37. The SMILES string of the molecule is CC(CC=CCCCCCCCCCCCCCCCCCCO)C(=O)O. The van der Waals surface area contributed by atoms with Gasteiger partial charge in [0, 0.05) is 6.61 Å². The zero-order valence-electron chi connectivity index (χ0n) is 18.0. The molecule has 160 valence electrons. The van der Waals surface area contributed by atoms with E-state index in [1.54, 1.807) is 6.92 Å². The van der Waals surface area contributed by atoms with Gasteiger partial charge in [-0.25, -0.2) is 0 Å². The van der Waals surface area contributed by atoms with E-state index >= 15 is 0 Å². The van der Waals surface area contributed by atoms with E-state index in [0.29, 0.717) is 13.0 Å². The maximum Gasteiger partial charge on any atom is 0.306 e. The van der Waals surface area contributed by atoms with E-state index in [2.05, 4.69) is 6.08 Å². The topological polar surface area (TPSA) is 57.5 Å². The minimum atomic E-state index is -0.704. The predicted molar refractivity (Wildman–Crippen MR) is 116 cm³/mol. The number of hydrogen-bond donors (Lipinski definition) is 2. The molecule has 0 fully saturated rings. The van der Waals surface area contributed by atoms with Crippen LogP contribution in [-0.4, -0.2) is 22.8 Å². The van der Waals surface area contributed by atoms with Gasteiger partial charge >= 0.3 is 5.97 Å². The minimum absolute atomic E-state index is 0.261. The number of carbonyl (C=O) groups is 1. The van der Waals surface area contributed by atoms with Crippen molar-refractivity contribution in [2.24, 2.45) is 5.92 Å². The second kappa shape index (κ2) is 21.5. The lowest BCUT2D eigenvalue weighted by Crippen LogP contribution is -2.07. The summed E-state index contributed by atoms with van der Waals surface area (Å²) >= 11 is 0. The summed E-state index contributed by atoms with van der Waals surface area (Å²) in [6.07, 6.45) is 27.1. The molecule has 0 aromatic carbocycles. The average molecular weight is 383 g/mol. The van der Waals surface area contributed by atoms with Crippen LogP contribution in [0.25, 0.3) is 0 Å². The number of allylic oxidation sites excluding steroid dienone is 2. The molecule has 0 aromatic heterocycles. The Morgan fingerprint density at radius 2 is 1.04 bits per heavy atom. The van der Waals surface area contributed by atoms with Crippen molar-refractivity contribution < 1.29 is 15.0 Å². The van der Waals surface area contributed by atoms with Gasteiger partial charge in [-0.2, -0.15) is 0 Å². The summed E-state index contributed by atoms with van der Waals surface area (Å²) in [6.45, 7) is 2.11. The van der Waals surface area contributed by atoms with Crippen molar-refractivity contribution in [1.82, 2.24) is 0 Å². The molecular formula is C24H46O3. The van der Waals surface area contributed by atoms with Gasteiger partial charge in [-0.3, -0.25) is 4.79 Å². The summed E-state index contributed by atoms with van der Waals surface area (Å²) in [5, 5.41) is 17.5. The predicted octanol–water partition coefficient (Wildman–Crippen LogP) is 7.28. The van der Waals surface area contributed by atoms with E-state index in [1.165, 1.54) is 96.3 Å². The van der Waals surface area contributed by atoms with Gasteiger partial charge in [0.25, 0.3) is 0 Å². The highest BCUT2D eigenvalue weighted by Gasteiger charge is 2.07. The van der Waals surface area contributed by atoms with E-state index in [-0.39, 0.29) is 5.92 Å². The molecule has 0 aromatic rings. The van der Waals surface area contributed by atoms with Crippen LogP contribution in [0, 0.1) is 5.92 Å². The van der Waals surface area contributed by atoms with Gasteiger partial charge < -0.3 is 10.2 Å². The number of carboxylic acid groups (broad SMARTS) is 1. The summed E-state index contributed by atoms with van der Waals surface area (Å²) < 4.78 is 0. The maximum absolute atomic E-state index is 10.7. The van der Waals surface area contributed by atoms with Gasteiger partial charge in [-0.15, -0.1) is 0 Å². The summed E-state index contributed by atoms with van der Waals surface area (Å²) in [7, 11) is 0. The minimum Gasteiger partial charge on any atom is -0.481 e. The molecule has 0 rings (SSSR count). The van der Waals surface area contributed by atoms with E-state index < -0.39 is 5.97 Å². The summed E-state index contributed by atoms with van der Waals surface area (Å²) in [5.74, 6) is -0.964. The molecule has 0 saturated carbocycles. The van der Waals surface area contributed by atoms with E-state index in [9.17, 15) is 4.79 Å². The molecule has 3 heteroatoms. The van der Waals surface area contributed by atoms with Crippen molar-refractivity contribution in [2.75, 3.05) is 6.61 Å². The smallest absolute Gasteiger partial charge is 0.306 e. The van der Waals surface area contributed by atoms with Crippen LogP contribution in [0.15, 0.2) is 12.2 Å². The highest BCUT2D eigenvalue weighted by Crippen LogP contribution is 2.14. The summed E-state index contributed by atoms with van der Waals surface area (Å²) in [4.78, 5) is 10.7. The first-order valence-electron chi connectivity index (χ1n) is 11.7. The fourth-order valence-electron chi connectivity index (χ4n) is 3.37. The zero-order valence-corrected chi connectivity index (χ0v) is 18.0. The molecule has 0 radical (unpaired) electrons. The number of carboxylic acids is 1. The fraction of sp³-hybridized carbons (Fsp3) is 0.875. The van der Waals surface area contributed by atoms with Crippen molar-refractivity contribution in [1.29, 1.82) is 0 Å². The third-order valence-electron chi connectivity index (χ3n) is 5.36. The molecule has 0 heterocycles. The number of rotatable bonds is 21. The lowest BCUT2D eigenvalue weighted by molar-refractivity contribution is -0.140. The first-order chi connectivity index (χ1) is 13.2. The van der Waals surface area contributed by atoms with Crippen molar-refractivity contribution in [3.05, 3.63) is 12.2 Å². The Morgan fingerprint density at radius 3 is 1.41 bits per heavy atom. The van der Waals surface area contributed by atoms with Crippen LogP contribution in [0.3, 0.4) is 0 Å². The number of aliphatic hydroxyl groups is 1. The molecule has 0 amide bonds. The Labute approximate surface area is 168 Å². The van der Waals surface area contributed by atoms with E-state index in [1.807, 2.05) is 6.08 Å². The molecule has 2 N–H and O–H groups in total. The first kappa shape index (κ1) is 26.2. The average Bonchev–Trinajstić information content (AvgIpc) is 2.66. The normalized spacial score (nSPS) is 12.7. The van der Waals surface area contributed by atoms with Crippen molar-refractivity contribution in [3.63, 3.8) is 0 Å². The molecule has 0 aliphatic rings. The van der Waals surface area contributed by atoms with E-state index in [0.717, 1.165) is 12.8 Å². The third-order valence-corrected chi connectivity index (χ3v) is 5.36. The zero-order chi connectivity index (χ0) is 20.0. The third kappa shape index (κ3) is 21.3. The molecule has 1 atom stereocenters. The molecule has 27 heavy (non-hydrogen) atoms. The van der Waals surface area contributed by atoms with Crippen molar-refractivity contribution >= 4 is 5.97 Å². The van der Waals surface area contributed by atoms with Crippen LogP contribution in [0.2, 0.25) is 0 Å². The van der Waals surface area contributed by atoms with Crippen LogP contribution in [-0.2, 0) is 4.79 Å². The number of hydrogen-bond acceptors (Lipinski definition) is 2. The molecule has 0 aliphatic heterocycles. The molecule has 3 nitrogen and oxygen atoms in total. The van der Waals surface area contributed by atoms with Crippen LogP contribution < -0.4 is 0 Å². The Hall–Kier alpha value is -0.830. The molecular weight excluding hydrogens is 336 g/mol. The largest absolute Gasteiger partial charge is 0.481 e. The molecule has 0 bridgehead atoms. The number of aliphatic hydroxyl groups excluding tert-OH is 1. The second-order valence-electron chi connectivity index (χ2n) is 8.12. The van der Waals surface area contributed by atoms with Gasteiger partial charge in [-0.05, 0) is 25.7 Å². The monoisotopic (exact) mass is 382 g/mol. The highest BCUT2D eigenvalue weighted by atomic mass is 16.4. The Balaban J connectivity index is 3.11. The van der Waals surface area contributed by atoms with Crippen molar-refractivity contribution in [3.8, 4) is 0 Å². The molecule has 0 aliphatic carbocycles. The Bertz CT molecular complexity index is 339. The number of aliphatic carboxylic acids is 1. The standard InChI is InChI=1S/C24H46O3/c1-23(24(26)27)21-19-17-15-13-11-9-7-5-3-2-4-6-8-10-12-14-16-18-20-22-25/h17,19,23,25H,2-16,18,20-22H2,1H3,(H,26,27). The lowest BCUT2D eigenvalue weighted by Gasteiger charge is -2.03. The number of unbranched alkanes of at least 4 members (excludes halogenated alkanes) is 16. The highest BCUT2D eigenvalue weighted by molar-refractivity contribution is 5.69. The van der Waals surface area contributed by atoms with Crippen molar-refractivity contribution in [2.45, 2.75) is 122 Å². The first-order valence-corrected chi connectivity index (χ1v) is 11.7. The van der Waals surface area contributed by atoms with Crippen LogP contribution in [0.1, 0.15) is 122 Å². The molecule has 0 spiro atoms. The van der Waals surface area contributed by atoms with Gasteiger partial charge in [0.15, 0.2) is 0 Å². The van der Waals surface area contributed by atoms with Gasteiger partial charge in [-0.1, -0.05) is 109 Å². The lowest BCUT2D eigenvalue weighted by atomic mass is 10.0. The Morgan fingerprint density at radius 1 is 0.667 bits per heavy atom. The second-order valence-corrected chi connectivity index (χ2v) is 8.12. The molecule has 0 saturated heterocycles. The Kier molecular flexibility index (Phi) is 20.8. The van der Waals surface area contributed by atoms with Gasteiger partial charge in [0.2, 0.25) is 0 Å². The van der Waals surface area contributed by atoms with Gasteiger partial charge in [0.1, 0.15) is 0 Å². The van der Waals surface area contributed by atoms with Gasteiger partial charge in [0.05, 0.1) is 5.92 Å². The maximum atomic E-state index is 10.7. The molecule has 1 unspecified atom stereocenters. The van der Waals surface area contributed by atoms with E-state index in [4.69, 9.17) is 10.2 Å². The quantitative estimate of drug-likeness (QED) is 0.162. The summed E-state index contributed by atoms with van der Waals surface area (Å²) in [6, 6.07) is 0. The van der Waals surface area contributed by atoms with Crippen LogP contribution >= 0.6 is 0 Å².